The van der Waals surface area contributed by atoms with Crippen molar-refractivity contribution >= 4 is 33.2 Å². The zero-order valence-electron chi connectivity index (χ0n) is 35.9. The molecule has 0 amide bonds. The van der Waals surface area contributed by atoms with Crippen LogP contribution < -0.4 is 9.64 Å². The third-order valence-corrected chi connectivity index (χ3v) is 14.9. The van der Waals surface area contributed by atoms with Gasteiger partial charge in [0.15, 0.2) is 0 Å². The Hall–Kier alpha value is -5.58. The van der Waals surface area contributed by atoms with Crippen molar-refractivity contribution in [2.24, 2.45) is 23.7 Å². The second-order valence-corrected chi connectivity index (χ2v) is 19.3. The zero-order valence-corrected chi connectivity index (χ0v) is 38.2. The van der Waals surface area contributed by atoms with E-state index in [4.69, 9.17) is 14.7 Å². The molecule has 314 valence electrons. The van der Waals surface area contributed by atoms with Crippen molar-refractivity contribution in [2.45, 2.75) is 77.6 Å². The molecule has 0 unspecified atom stereocenters. The molecule has 1 aliphatic heterocycles. The van der Waals surface area contributed by atoms with Gasteiger partial charge in [0.05, 0.1) is 0 Å². The first-order valence-electron chi connectivity index (χ1n) is 22.2. The smallest absolute Gasteiger partial charge is 0.135 e. The quantitative estimate of drug-likeness (QED) is 0.156. The average molecular weight is 992 g/mol. The number of pyridine rings is 1. The summed E-state index contributed by atoms with van der Waals surface area (Å²) in [7, 11) is 0. The van der Waals surface area contributed by atoms with Crippen molar-refractivity contribution in [3.63, 3.8) is 0 Å². The van der Waals surface area contributed by atoms with Gasteiger partial charge in [0.25, 0.3) is 0 Å². The minimum Gasteiger partial charge on any atom is -0.509 e. The molecule has 0 N–H and O–H groups in total. The van der Waals surface area contributed by atoms with Crippen molar-refractivity contribution < 1.29 is 25.8 Å². The van der Waals surface area contributed by atoms with E-state index in [0.717, 1.165) is 73.8 Å². The molecule has 8 aromatic rings. The van der Waals surface area contributed by atoms with Gasteiger partial charge in [-0.05, 0) is 127 Å². The number of rotatable bonds is 6. The van der Waals surface area contributed by atoms with E-state index in [9.17, 15) is 0 Å². The summed E-state index contributed by atoms with van der Waals surface area (Å²) < 4.78 is 11.4. The normalized spacial score (nSPS) is 22.3. The summed E-state index contributed by atoms with van der Waals surface area (Å²) in [5, 5.41) is 2.30. The summed E-state index contributed by atoms with van der Waals surface area (Å²) in [5.41, 5.74) is 11.1. The molecule has 0 spiro atoms. The van der Waals surface area contributed by atoms with Gasteiger partial charge in [-0.15, -0.1) is 41.3 Å². The van der Waals surface area contributed by atoms with Gasteiger partial charge in [0.1, 0.15) is 5.82 Å². The third-order valence-electron chi connectivity index (χ3n) is 14.9. The van der Waals surface area contributed by atoms with Crippen LogP contribution in [0.4, 0.5) is 11.4 Å². The fourth-order valence-electron chi connectivity index (χ4n) is 12.2. The van der Waals surface area contributed by atoms with Crippen LogP contribution in [0.2, 0.25) is 0 Å². The van der Waals surface area contributed by atoms with Gasteiger partial charge in [-0.25, -0.2) is 4.98 Å². The molecule has 0 radical (unpaired) electrons. The average Bonchev–Trinajstić information content (AvgIpc) is 3.75. The molecule has 4 saturated carbocycles. The standard InChI is InChI=1S/C55H50N5O.Pt/c1-34-35(2)58-33-59(49-17-11-10-16-48(49)53(58)57-34)43-28-40(54(3,4)5)29-45(31-43)61-44-19-20-47-46-15-9-12-18-50(46)60(51(47)32-44)52-30-39(21-22-56-52)55(38-13-7-6-8-14-38)41-24-36-23-37(26-41)27-42(55)25-36;/h6-22,28-30,33,36-37,41-42H,23-27H2,1-5H3;/q-3;. The third kappa shape index (κ3) is 5.96. The van der Waals surface area contributed by atoms with Crippen LogP contribution in [0, 0.1) is 56.3 Å². The second kappa shape index (κ2) is 14.5. The SMILES string of the molecule is Cc1nc2n(c1C)[CH-]N(c1[c-]c(Oc3[c-]c4c(cc3)c3ccccc3n4-c3cc(C4(c5ccccc5)C5CC6CC(C5)CC4C6)ccn3)cc(C(C)(C)C)c1)c1ccccc1-2.[Pt]. The molecular weight excluding hydrogens is 942 g/mol. The Morgan fingerprint density at radius 2 is 1.45 bits per heavy atom. The van der Waals surface area contributed by atoms with Crippen LogP contribution >= 0.6 is 0 Å². The van der Waals surface area contributed by atoms with Gasteiger partial charge in [0, 0.05) is 61.2 Å². The Morgan fingerprint density at radius 3 is 2.23 bits per heavy atom. The number of ether oxygens (including phenoxy) is 1. The van der Waals surface area contributed by atoms with Crippen LogP contribution in [-0.2, 0) is 31.9 Å². The Balaban J connectivity index is 0.00000432. The molecule has 4 heterocycles. The number of anilines is 2. The molecule has 6 nitrogen and oxygen atoms in total. The van der Waals surface area contributed by atoms with E-state index >= 15 is 0 Å². The maximum Gasteiger partial charge on any atom is 0.135 e. The molecule has 7 heteroatoms. The number of nitrogens with zero attached hydrogens (tertiary/aromatic N) is 5. The molecule has 5 aliphatic rings. The van der Waals surface area contributed by atoms with Crippen LogP contribution in [0.5, 0.6) is 11.5 Å². The topological polar surface area (TPSA) is 48.1 Å². The predicted octanol–water partition coefficient (Wildman–Crippen LogP) is 13.2. The first-order valence-corrected chi connectivity index (χ1v) is 22.2. The summed E-state index contributed by atoms with van der Waals surface area (Å²) in [6, 6.07) is 49.4. The van der Waals surface area contributed by atoms with Gasteiger partial charge in [-0.3, -0.25) is 0 Å². The maximum absolute atomic E-state index is 6.88. The molecule has 5 aromatic carbocycles. The largest absolute Gasteiger partial charge is 0.509 e. The van der Waals surface area contributed by atoms with Gasteiger partial charge in [-0.2, -0.15) is 6.07 Å². The van der Waals surface area contributed by atoms with Crippen LogP contribution in [-0.4, -0.2) is 19.1 Å². The first kappa shape index (κ1) is 39.3. The molecule has 4 fully saturated rings. The summed E-state index contributed by atoms with van der Waals surface area (Å²) in [4.78, 5) is 12.3. The fourth-order valence-corrected chi connectivity index (χ4v) is 12.2. The van der Waals surface area contributed by atoms with Gasteiger partial charge in [-0.1, -0.05) is 111 Å². The number of imidazole rings is 1. The van der Waals surface area contributed by atoms with Crippen molar-refractivity contribution in [3.05, 3.63) is 168 Å². The summed E-state index contributed by atoms with van der Waals surface area (Å²) >= 11 is 0. The number of hydrogen-bond acceptors (Lipinski definition) is 4. The molecular formula is C55H50N5OPt-3. The summed E-state index contributed by atoms with van der Waals surface area (Å²) in [6.07, 6.45) is 8.78. The van der Waals surface area contributed by atoms with Crippen LogP contribution in [0.25, 0.3) is 39.0 Å². The first-order chi connectivity index (χ1) is 29.6. The fraction of sp³-hybridized carbons (Fsp3) is 0.291. The van der Waals surface area contributed by atoms with Crippen molar-refractivity contribution in [2.75, 3.05) is 4.90 Å². The zero-order chi connectivity index (χ0) is 41.2. The molecule has 4 aliphatic carbocycles. The van der Waals surface area contributed by atoms with Crippen LogP contribution in [0.15, 0.2) is 121 Å². The Bertz CT molecular complexity index is 3000. The monoisotopic (exact) mass is 991 g/mol. The number of fused-ring (bicyclic) bond motifs is 6. The van der Waals surface area contributed by atoms with E-state index in [0.29, 0.717) is 23.3 Å². The van der Waals surface area contributed by atoms with Gasteiger partial charge >= 0.3 is 0 Å². The van der Waals surface area contributed by atoms with Crippen LogP contribution in [0.3, 0.4) is 0 Å². The number of aryl methyl sites for hydroxylation is 1. The number of para-hydroxylation sites is 2. The number of benzene rings is 5. The summed E-state index contributed by atoms with van der Waals surface area (Å²) in [5.74, 6) is 6.18. The minimum absolute atomic E-state index is 0. The molecule has 3 aromatic heterocycles. The minimum atomic E-state index is -0.144. The molecule has 62 heavy (non-hydrogen) atoms. The Morgan fingerprint density at radius 1 is 0.726 bits per heavy atom. The van der Waals surface area contributed by atoms with Crippen LogP contribution in [0.1, 0.15) is 81.0 Å². The Kier molecular flexibility index (Phi) is 9.18. The van der Waals surface area contributed by atoms with E-state index in [1.54, 1.807) is 0 Å². The number of hydrogen-bond donors (Lipinski definition) is 0. The molecule has 13 rings (SSSR count). The van der Waals surface area contributed by atoms with Crippen molar-refractivity contribution in [3.8, 4) is 28.7 Å². The predicted molar refractivity (Wildman–Crippen MR) is 245 cm³/mol. The Labute approximate surface area is 379 Å². The van der Waals surface area contributed by atoms with E-state index in [1.165, 1.54) is 48.6 Å². The maximum atomic E-state index is 6.88. The number of aromatic nitrogens is 4. The van der Waals surface area contributed by atoms with Gasteiger partial charge < -0.3 is 23.8 Å². The molecule has 0 atom stereocenters. The van der Waals surface area contributed by atoms with Crippen molar-refractivity contribution in [1.29, 1.82) is 0 Å². The van der Waals surface area contributed by atoms with E-state index in [-0.39, 0.29) is 31.9 Å². The molecule has 0 saturated heterocycles. The molecule has 4 bridgehead atoms. The van der Waals surface area contributed by atoms with Crippen molar-refractivity contribution in [1.82, 2.24) is 19.1 Å². The van der Waals surface area contributed by atoms with E-state index in [1.807, 2.05) is 6.07 Å². The summed E-state index contributed by atoms with van der Waals surface area (Å²) in [6.45, 7) is 13.1. The second-order valence-electron chi connectivity index (χ2n) is 19.3. The van der Waals surface area contributed by atoms with E-state index < -0.39 is 0 Å². The van der Waals surface area contributed by atoms with E-state index in [2.05, 4.69) is 183 Å². The van der Waals surface area contributed by atoms with Gasteiger partial charge in [0.2, 0.25) is 0 Å².